The van der Waals surface area contributed by atoms with Crippen LogP contribution in [0.2, 0.25) is 0 Å². The van der Waals surface area contributed by atoms with E-state index in [9.17, 15) is 26.4 Å². The summed E-state index contributed by atoms with van der Waals surface area (Å²) in [4.78, 5) is 21.7. The summed E-state index contributed by atoms with van der Waals surface area (Å²) < 4.78 is 72.9. The van der Waals surface area contributed by atoms with Crippen molar-refractivity contribution in [1.29, 1.82) is 0 Å². The van der Waals surface area contributed by atoms with Crippen LogP contribution in [0.1, 0.15) is 42.5 Å². The average molecular weight is 559 g/mol. The van der Waals surface area contributed by atoms with Crippen molar-refractivity contribution in [2.24, 2.45) is 23.0 Å². The lowest BCUT2D eigenvalue weighted by molar-refractivity contribution is -0.117. The molecule has 0 radical (unpaired) electrons. The van der Waals surface area contributed by atoms with Gasteiger partial charge in [0.25, 0.3) is 0 Å². The summed E-state index contributed by atoms with van der Waals surface area (Å²) in [7, 11) is -2.51. The molecule has 0 bridgehead atoms. The standard InChI is InChI=1S/C22H25F3N6O4S2/c1-31-17(9-18(29-31)35-22(24)25)27-10-26-13-4-5-16-15(8-13)19(21(36-16)28-20(32)11-2-3-11)37(33,34)30-14-6-12(23)7-14/h9,11-14,22,30H,2-8H2,1H3,(H,28,32)/t12-,13-,14-/m0/s1. The van der Waals surface area contributed by atoms with Crippen LogP contribution in [-0.2, 0) is 34.7 Å². The summed E-state index contributed by atoms with van der Waals surface area (Å²) in [5, 5.41) is 6.86. The maximum atomic E-state index is 13.4. The average Bonchev–Trinajstić information content (AvgIpc) is 3.50. The van der Waals surface area contributed by atoms with Crippen LogP contribution in [0.4, 0.5) is 24.0 Å². The van der Waals surface area contributed by atoms with Crippen LogP contribution in [0.5, 0.6) is 5.88 Å². The first-order valence-corrected chi connectivity index (χ1v) is 14.1. The number of nitrogens with zero attached hydrogens (tertiary/aromatic N) is 4. The van der Waals surface area contributed by atoms with E-state index in [0.29, 0.717) is 18.4 Å². The zero-order chi connectivity index (χ0) is 26.3. The molecule has 0 aliphatic heterocycles. The van der Waals surface area contributed by atoms with Gasteiger partial charge in [0.1, 0.15) is 16.1 Å². The normalized spacial score (nSPS) is 23.1. The second-order valence-corrected chi connectivity index (χ2v) is 12.1. The minimum Gasteiger partial charge on any atom is -0.415 e. The summed E-state index contributed by atoms with van der Waals surface area (Å²) >= 11 is 1.25. The Bertz CT molecular complexity index is 1360. The molecule has 2 fully saturated rings. The van der Waals surface area contributed by atoms with E-state index >= 15 is 0 Å². The zero-order valence-corrected chi connectivity index (χ0v) is 21.4. The number of nitrogens with one attached hydrogen (secondary N) is 2. The van der Waals surface area contributed by atoms with Gasteiger partial charge in [0.15, 0.2) is 5.82 Å². The van der Waals surface area contributed by atoms with Crippen LogP contribution in [-0.4, -0.2) is 55.0 Å². The van der Waals surface area contributed by atoms with Gasteiger partial charge in [-0.25, -0.2) is 27.2 Å². The lowest BCUT2D eigenvalue weighted by Gasteiger charge is -2.30. The molecule has 0 saturated heterocycles. The molecule has 3 aliphatic rings. The monoisotopic (exact) mass is 558 g/mol. The molecule has 2 N–H and O–H groups in total. The van der Waals surface area contributed by atoms with Gasteiger partial charge in [-0.3, -0.25) is 4.79 Å². The molecule has 3 aliphatic carbocycles. The molecule has 0 aromatic carbocycles. The van der Waals surface area contributed by atoms with Crippen LogP contribution >= 0.6 is 11.3 Å². The number of carbonyl (C=O) groups excluding carboxylic acids is 1. The molecule has 15 heteroatoms. The lowest BCUT2D eigenvalue weighted by atomic mass is 9.92. The maximum Gasteiger partial charge on any atom is 0.388 e. The van der Waals surface area contributed by atoms with E-state index in [1.165, 1.54) is 29.1 Å². The number of thiophene rings is 1. The number of hydrogen-bond donors (Lipinski definition) is 2. The number of aliphatic imine (C=N–C) groups is 2. The third-order valence-corrected chi connectivity index (χ3v) is 9.46. The minimum absolute atomic E-state index is 0.0288. The molecule has 2 heterocycles. The van der Waals surface area contributed by atoms with Gasteiger partial charge in [-0.1, -0.05) is 0 Å². The third-order valence-electron chi connectivity index (χ3n) is 6.49. The van der Waals surface area contributed by atoms with Crippen molar-refractivity contribution in [1.82, 2.24) is 14.5 Å². The van der Waals surface area contributed by atoms with Crippen molar-refractivity contribution >= 4 is 44.1 Å². The molecule has 37 heavy (non-hydrogen) atoms. The Kier molecular flexibility index (Phi) is 7.14. The highest BCUT2D eigenvalue weighted by atomic mass is 32.2. The van der Waals surface area contributed by atoms with Gasteiger partial charge in [-0.05, 0) is 50.5 Å². The topological polar surface area (TPSA) is 127 Å². The summed E-state index contributed by atoms with van der Waals surface area (Å²) in [5.74, 6) is -0.382. The highest BCUT2D eigenvalue weighted by Crippen LogP contribution is 2.43. The first-order valence-electron chi connectivity index (χ1n) is 11.8. The maximum absolute atomic E-state index is 13.4. The molecular weight excluding hydrogens is 533 g/mol. The number of ether oxygens (including phenoxy) is 1. The molecule has 200 valence electrons. The molecule has 10 nitrogen and oxygen atoms in total. The number of halogens is 3. The summed E-state index contributed by atoms with van der Waals surface area (Å²) in [6.07, 6.45) is 2.22. The van der Waals surface area contributed by atoms with Crippen LogP contribution in [0.3, 0.4) is 0 Å². The number of carbonyl (C=O) groups is 1. The van der Waals surface area contributed by atoms with Crippen molar-refractivity contribution in [3.8, 4) is 5.88 Å². The number of aryl methyl sites for hydroxylation is 2. The summed E-state index contributed by atoms with van der Waals surface area (Å²) in [5.41, 5.74) is 0.578. The Morgan fingerprint density at radius 2 is 2.08 bits per heavy atom. The third kappa shape index (κ3) is 5.89. The molecular formula is C22H25F3N6O4S2. The van der Waals surface area contributed by atoms with E-state index in [0.717, 1.165) is 17.7 Å². The van der Waals surface area contributed by atoms with Crippen LogP contribution < -0.4 is 14.8 Å². The van der Waals surface area contributed by atoms with Crippen LogP contribution in [0.25, 0.3) is 0 Å². The number of alkyl halides is 3. The summed E-state index contributed by atoms with van der Waals surface area (Å²) in [6, 6.07) is 2.96. The van der Waals surface area contributed by atoms with Gasteiger partial charge in [0.2, 0.25) is 21.8 Å². The van der Waals surface area contributed by atoms with Crippen LogP contribution in [0, 0.1) is 5.92 Å². The van der Waals surface area contributed by atoms with Gasteiger partial charge < -0.3 is 10.1 Å². The Balaban J connectivity index is 1.38. The van der Waals surface area contributed by atoms with Crippen LogP contribution in [0.15, 0.2) is 20.9 Å². The number of amides is 1. The quantitative estimate of drug-likeness (QED) is 0.455. The van der Waals surface area contributed by atoms with Crippen molar-refractivity contribution in [3.63, 3.8) is 0 Å². The fourth-order valence-corrected chi connectivity index (χ4v) is 7.58. The molecule has 5 rings (SSSR count). The largest absolute Gasteiger partial charge is 0.415 e. The first kappa shape index (κ1) is 25.9. The highest BCUT2D eigenvalue weighted by Gasteiger charge is 2.39. The molecule has 0 spiro atoms. The van der Waals surface area contributed by atoms with Gasteiger partial charge in [-0.2, -0.15) is 13.8 Å². The highest BCUT2D eigenvalue weighted by molar-refractivity contribution is 7.90. The van der Waals surface area contributed by atoms with E-state index in [1.807, 2.05) is 0 Å². The SMILES string of the molecule is Cn1nc(OC(F)F)cc1N=C=N[C@H]1CCc2sc(NC(=O)C3CC3)c(S(=O)(=O)N[C@H]3C[C@H](F)C3)c2C1. The fourth-order valence-electron chi connectivity index (χ4n) is 4.34. The molecule has 1 amide bonds. The number of sulfonamides is 1. The van der Waals surface area contributed by atoms with Gasteiger partial charge in [-0.15, -0.1) is 16.4 Å². The van der Waals surface area contributed by atoms with Gasteiger partial charge in [0.05, 0.1) is 12.1 Å². The number of anilines is 1. The van der Waals surface area contributed by atoms with Gasteiger partial charge in [0, 0.05) is 30.0 Å². The van der Waals surface area contributed by atoms with Crippen molar-refractivity contribution in [2.75, 3.05) is 5.32 Å². The van der Waals surface area contributed by atoms with Crippen molar-refractivity contribution in [3.05, 3.63) is 16.5 Å². The lowest BCUT2D eigenvalue weighted by Crippen LogP contribution is -2.45. The molecule has 2 aromatic heterocycles. The van der Waals surface area contributed by atoms with E-state index in [2.05, 4.69) is 35.9 Å². The van der Waals surface area contributed by atoms with E-state index < -0.39 is 28.8 Å². The van der Waals surface area contributed by atoms with E-state index in [1.54, 1.807) is 0 Å². The molecule has 2 saturated carbocycles. The first-order chi connectivity index (χ1) is 17.6. The van der Waals surface area contributed by atoms with Gasteiger partial charge >= 0.3 is 6.61 Å². The van der Waals surface area contributed by atoms with Crippen molar-refractivity contribution < 1.29 is 31.1 Å². The number of rotatable bonds is 9. The Morgan fingerprint density at radius 3 is 2.76 bits per heavy atom. The molecule has 1 atom stereocenters. The number of aromatic nitrogens is 2. The second kappa shape index (κ2) is 10.2. The second-order valence-electron chi connectivity index (χ2n) is 9.39. The number of hydrogen-bond acceptors (Lipinski definition) is 8. The zero-order valence-electron chi connectivity index (χ0n) is 19.8. The molecule has 0 unspecified atom stereocenters. The Hall–Kier alpha value is -2.74. The number of fused-ring (bicyclic) bond motifs is 1. The van der Waals surface area contributed by atoms with E-state index in [-0.39, 0.29) is 58.7 Å². The minimum atomic E-state index is -4.02. The molecule has 2 aromatic rings. The Morgan fingerprint density at radius 1 is 1.32 bits per heavy atom. The summed E-state index contributed by atoms with van der Waals surface area (Å²) in [6.45, 7) is -3.01. The Labute approximate surface area is 215 Å². The predicted molar refractivity (Wildman–Crippen MR) is 129 cm³/mol. The smallest absolute Gasteiger partial charge is 0.388 e. The van der Waals surface area contributed by atoms with Crippen molar-refractivity contribution in [2.45, 2.75) is 74.7 Å². The fraction of sp³-hybridized carbons (Fsp3) is 0.591. The predicted octanol–water partition coefficient (Wildman–Crippen LogP) is 3.57. The van der Waals surface area contributed by atoms with E-state index in [4.69, 9.17) is 0 Å².